The minimum Gasteiger partial charge on any atom is -0.490 e. The average molecular weight is 343 g/mol. The highest BCUT2D eigenvalue weighted by atomic mass is 32.2. The monoisotopic (exact) mass is 343 g/mol. The van der Waals surface area contributed by atoms with E-state index in [9.17, 15) is 13.2 Å². The molecule has 1 aliphatic heterocycles. The van der Waals surface area contributed by atoms with Crippen molar-refractivity contribution < 1.29 is 27.4 Å². The van der Waals surface area contributed by atoms with Crippen LogP contribution in [0.5, 0.6) is 5.75 Å². The summed E-state index contributed by atoms with van der Waals surface area (Å²) < 4.78 is 42.8. The summed E-state index contributed by atoms with van der Waals surface area (Å²) in [5, 5.41) is 0. The van der Waals surface area contributed by atoms with Crippen LogP contribution in [0.4, 0.5) is 0 Å². The first-order valence-corrected chi connectivity index (χ1v) is 8.81. The lowest BCUT2D eigenvalue weighted by Crippen LogP contribution is -2.35. The molecule has 8 heteroatoms. The number of benzene rings is 1. The second kappa shape index (κ2) is 7.29. The van der Waals surface area contributed by atoms with Crippen molar-refractivity contribution in [1.29, 1.82) is 0 Å². The average Bonchev–Trinajstić information content (AvgIpc) is 2.98. The molecule has 1 saturated heterocycles. The summed E-state index contributed by atoms with van der Waals surface area (Å²) in [6, 6.07) is 3.88. The van der Waals surface area contributed by atoms with Crippen molar-refractivity contribution in [2.75, 3.05) is 20.3 Å². The van der Waals surface area contributed by atoms with E-state index in [0.717, 1.165) is 0 Å². The third-order valence-electron chi connectivity index (χ3n) is 3.28. The molecule has 0 aliphatic carbocycles. The van der Waals surface area contributed by atoms with Gasteiger partial charge in [0.25, 0.3) is 0 Å². The van der Waals surface area contributed by atoms with Gasteiger partial charge in [-0.05, 0) is 38.5 Å². The minimum absolute atomic E-state index is 0.0130. The molecule has 0 bridgehead atoms. The molecule has 1 N–H and O–H groups in total. The Morgan fingerprint density at radius 3 is 2.70 bits per heavy atom. The standard InChI is InChI=1S/C15H21NO6S/c1-10(2)22-14-5-4-12(8-13(14)15(17)20-3)23(18,19)16-11-6-7-21-9-11/h4-5,8,10-11,16H,6-7,9H2,1-3H3/t11-/m0/s1. The molecule has 23 heavy (non-hydrogen) atoms. The second-order valence-electron chi connectivity index (χ2n) is 5.50. The maximum atomic E-state index is 12.4. The van der Waals surface area contributed by atoms with Crippen molar-refractivity contribution in [3.05, 3.63) is 23.8 Å². The summed E-state index contributed by atoms with van der Waals surface area (Å²) in [4.78, 5) is 11.9. The number of nitrogens with one attached hydrogen (secondary N) is 1. The Labute approximate surface area is 136 Å². The fraction of sp³-hybridized carbons (Fsp3) is 0.533. The molecule has 7 nitrogen and oxygen atoms in total. The Morgan fingerprint density at radius 2 is 2.13 bits per heavy atom. The van der Waals surface area contributed by atoms with E-state index in [1.165, 1.54) is 25.3 Å². The Bertz CT molecular complexity index is 665. The quantitative estimate of drug-likeness (QED) is 0.784. The summed E-state index contributed by atoms with van der Waals surface area (Å²) in [5.74, 6) is -0.364. The molecule has 2 rings (SSSR count). The SMILES string of the molecule is COC(=O)c1cc(S(=O)(=O)N[C@H]2CCOC2)ccc1OC(C)C. The highest BCUT2D eigenvalue weighted by molar-refractivity contribution is 7.89. The number of hydrogen-bond acceptors (Lipinski definition) is 6. The number of hydrogen-bond donors (Lipinski definition) is 1. The van der Waals surface area contributed by atoms with Gasteiger partial charge in [0.1, 0.15) is 11.3 Å². The Kier molecular flexibility index (Phi) is 5.61. The van der Waals surface area contributed by atoms with Gasteiger partial charge in [0.15, 0.2) is 0 Å². The number of sulfonamides is 1. The van der Waals surface area contributed by atoms with Crippen LogP contribution >= 0.6 is 0 Å². The zero-order valence-corrected chi connectivity index (χ0v) is 14.2. The lowest BCUT2D eigenvalue weighted by molar-refractivity contribution is 0.0594. The van der Waals surface area contributed by atoms with Crippen LogP contribution in [0.2, 0.25) is 0 Å². The van der Waals surface area contributed by atoms with Crippen molar-refractivity contribution >= 4 is 16.0 Å². The number of carbonyl (C=O) groups is 1. The van der Waals surface area contributed by atoms with Crippen LogP contribution < -0.4 is 9.46 Å². The van der Waals surface area contributed by atoms with E-state index in [4.69, 9.17) is 14.2 Å². The van der Waals surface area contributed by atoms with Gasteiger partial charge < -0.3 is 14.2 Å². The Balaban J connectivity index is 2.33. The molecule has 128 valence electrons. The van der Waals surface area contributed by atoms with Gasteiger partial charge in [-0.2, -0.15) is 0 Å². The molecule has 1 aromatic rings. The molecular weight excluding hydrogens is 322 g/mol. The maximum absolute atomic E-state index is 12.4. The Morgan fingerprint density at radius 1 is 1.39 bits per heavy atom. The number of rotatable bonds is 6. The first kappa shape index (κ1) is 17.7. The van der Waals surface area contributed by atoms with E-state index in [-0.39, 0.29) is 28.4 Å². The molecule has 1 fully saturated rings. The molecule has 0 saturated carbocycles. The number of ether oxygens (including phenoxy) is 3. The fourth-order valence-corrected chi connectivity index (χ4v) is 3.50. The summed E-state index contributed by atoms with van der Waals surface area (Å²) in [6.07, 6.45) is 0.465. The van der Waals surface area contributed by atoms with Gasteiger partial charge in [-0.3, -0.25) is 0 Å². The topological polar surface area (TPSA) is 90.9 Å². The summed E-state index contributed by atoms with van der Waals surface area (Å²) in [5.41, 5.74) is 0.0757. The zero-order chi connectivity index (χ0) is 17.0. The molecular formula is C15H21NO6S. The first-order chi connectivity index (χ1) is 10.8. The maximum Gasteiger partial charge on any atom is 0.341 e. The number of carbonyl (C=O) groups excluding carboxylic acids is 1. The molecule has 0 aromatic heterocycles. The molecule has 1 aromatic carbocycles. The zero-order valence-electron chi connectivity index (χ0n) is 13.4. The van der Waals surface area contributed by atoms with Gasteiger partial charge in [0.05, 0.1) is 24.7 Å². The predicted molar refractivity (Wildman–Crippen MR) is 83.1 cm³/mol. The van der Waals surface area contributed by atoms with Gasteiger partial charge in [0, 0.05) is 12.6 Å². The van der Waals surface area contributed by atoms with Crippen LogP contribution in [0.1, 0.15) is 30.6 Å². The third kappa shape index (κ3) is 4.43. The van der Waals surface area contributed by atoms with Crippen LogP contribution in [0, 0.1) is 0 Å². The highest BCUT2D eigenvalue weighted by Crippen LogP contribution is 2.25. The summed E-state index contributed by atoms with van der Waals surface area (Å²) in [7, 11) is -2.51. The Hall–Kier alpha value is -1.64. The van der Waals surface area contributed by atoms with E-state index in [0.29, 0.717) is 19.6 Å². The molecule has 0 spiro atoms. The molecule has 0 amide bonds. The van der Waals surface area contributed by atoms with Crippen molar-refractivity contribution in [2.45, 2.75) is 37.3 Å². The second-order valence-corrected chi connectivity index (χ2v) is 7.21. The van der Waals surface area contributed by atoms with Crippen LogP contribution in [-0.4, -0.2) is 46.9 Å². The molecule has 1 atom stereocenters. The van der Waals surface area contributed by atoms with Crippen molar-refractivity contribution in [3.63, 3.8) is 0 Å². The van der Waals surface area contributed by atoms with Gasteiger partial charge in [-0.15, -0.1) is 0 Å². The third-order valence-corrected chi connectivity index (χ3v) is 4.80. The van der Waals surface area contributed by atoms with Gasteiger partial charge in [0.2, 0.25) is 10.0 Å². The molecule has 1 heterocycles. The number of methoxy groups -OCH3 is 1. The van der Waals surface area contributed by atoms with Gasteiger partial charge in [-0.25, -0.2) is 17.9 Å². The normalized spacial score (nSPS) is 18.2. The lowest BCUT2D eigenvalue weighted by atomic mass is 10.2. The molecule has 0 unspecified atom stereocenters. The van der Waals surface area contributed by atoms with Crippen molar-refractivity contribution in [3.8, 4) is 5.75 Å². The largest absolute Gasteiger partial charge is 0.490 e. The molecule has 0 radical (unpaired) electrons. The van der Waals surface area contributed by atoms with E-state index in [1.807, 2.05) is 13.8 Å². The van der Waals surface area contributed by atoms with E-state index >= 15 is 0 Å². The fourth-order valence-electron chi connectivity index (χ4n) is 2.22. The first-order valence-electron chi connectivity index (χ1n) is 7.32. The van der Waals surface area contributed by atoms with Gasteiger partial charge >= 0.3 is 5.97 Å². The van der Waals surface area contributed by atoms with E-state index < -0.39 is 16.0 Å². The highest BCUT2D eigenvalue weighted by Gasteiger charge is 2.25. The smallest absolute Gasteiger partial charge is 0.341 e. The van der Waals surface area contributed by atoms with Crippen LogP contribution in [0.25, 0.3) is 0 Å². The predicted octanol–water partition coefficient (Wildman–Crippen LogP) is 1.33. The van der Waals surface area contributed by atoms with Crippen molar-refractivity contribution in [2.24, 2.45) is 0 Å². The van der Waals surface area contributed by atoms with Gasteiger partial charge in [-0.1, -0.05) is 0 Å². The lowest BCUT2D eigenvalue weighted by Gasteiger charge is -2.16. The van der Waals surface area contributed by atoms with Crippen molar-refractivity contribution in [1.82, 2.24) is 4.72 Å². The minimum atomic E-state index is -3.75. The van der Waals surface area contributed by atoms with Crippen LogP contribution in [-0.2, 0) is 19.5 Å². The molecule has 1 aliphatic rings. The van der Waals surface area contributed by atoms with Crippen LogP contribution in [0.3, 0.4) is 0 Å². The number of esters is 1. The van der Waals surface area contributed by atoms with E-state index in [1.54, 1.807) is 0 Å². The summed E-state index contributed by atoms with van der Waals surface area (Å²) in [6.45, 7) is 4.50. The van der Waals surface area contributed by atoms with Crippen LogP contribution in [0.15, 0.2) is 23.1 Å². The van der Waals surface area contributed by atoms with E-state index in [2.05, 4.69) is 4.72 Å². The summed E-state index contributed by atoms with van der Waals surface area (Å²) >= 11 is 0.